The summed E-state index contributed by atoms with van der Waals surface area (Å²) in [4.78, 5) is 17.4. The van der Waals surface area contributed by atoms with E-state index in [1.54, 1.807) is 0 Å². The van der Waals surface area contributed by atoms with Gasteiger partial charge in [0.05, 0.1) is 5.69 Å². The molecule has 0 radical (unpaired) electrons. The third kappa shape index (κ3) is 3.79. The van der Waals surface area contributed by atoms with Gasteiger partial charge in [-0.2, -0.15) is 0 Å². The number of nitrogens with zero attached hydrogens (tertiary/aromatic N) is 1. The van der Waals surface area contributed by atoms with Crippen molar-refractivity contribution in [3.8, 4) is 0 Å². The molecule has 0 saturated carbocycles. The average molecular weight is 312 g/mol. The third-order valence-electron chi connectivity index (χ3n) is 2.98. The molecule has 1 heterocycles. The summed E-state index contributed by atoms with van der Waals surface area (Å²) in [6.07, 6.45) is 0. The van der Waals surface area contributed by atoms with E-state index in [1.165, 1.54) is 11.3 Å². The van der Waals surface area contributed by atoms with Crippen LogP contribution in [-0.2, 0) is 4.79 Å². The van der Waals surface area contributed by atoms with Crippen LogP contribution in [0.3, 0.4) is 0 Å². The number of rotatable bonds is 3. The maximum absolute atomic E-state index is 12.0. The van der Waals surface area contributed by atoms with Crippen LogP contribution in [0.2, 0.25) is 0 Å². The van der Waals surface area contributed by atoms with Crippen molar-refractivity contribution in [2.24, 2.45) is 5.73 Å². The third-order valence-corrected chi connectivity index (χ3v) is 3.97. The smallest absolute Gasteiger partial charge is 0.247 e. The first kappa shape index (κ1) is 16.6. The van der Waals surface area contributed by atoms with Crippen LogP contribution >= 0.6 is 23.7 Å². The summed E-state index contributed by atoms with van der Waals surface area (Å²) in [5, 5.41) is 3.36. The molecule has 0 saturated heterocycles. The van der Waals surface area contributed by atoms with E-state index in [9.17, 15) is 4.79 Å². The minimum Gasteiger partial charge on any atom is -0.316 e. The van der Waals surface area contributed by atoms with Crippen molar-refractivity contribution in [3.63, 3.8) is 0 Å². The summed E-state index contributed by atoms with van der Waals surface area (Å²) in [7, 11) is 0. The number of hydrogen-bond acceptors (Lipinski definition) is 4. The van der Waals surface area contributed by atoms with Crippen molar-refractivity contribution in [2.45, 2.75) is 26.8 Å². The Labute approximate surface area is 128 Å². The first-order valence-electron chi connectivity index (χ1n) is 6.04. The number of thiazole rings is 1. The fourth-order valence-electron chi connectivity index (χ4n) is 1.63. The topological polar surface area (TPSA) is 68.0 Å². The molecule has 3 N–H and O–H groups in total. The van der Waals surface area contributed by atoms with Gasteiger partial charge in [-0.1, -0.05) is 29.8 Å². The van der Waals surface area contributed by atoms with Gasteiger partial charge in [-0.05, 0) is 26.3 Å². The molecule has 1 aromatic carbocycles. The fraction of sp³-hybridized carbons (Fsp3) is 0.286. The van der Waals surface area contributed by atoms with Crippen LogP contribution in [-0.4, -0.2) is 10.9 Å². The lowest BCUT2D eigenvalue weighted by molar-refractivity contribution is -0.117. The second-order valence-corrected chi connectivity index (χ2v) is 5.74. The molecule has 4 nitrogen and oxygen atoms in total. The number of hydrogen-bond donors (Lipinski definition) is 2. The van der Waals surface area contributed by atoms with E-state index in [4.69, 9.17) is 5.73 Å². The average Bonchev–Trinajstić information content (AvgIpc) is 2.68. The lowest BCUT2D eigenvalue weighted by Gasteiger charge is -2.11. The number of amides is 1. The van der Waals surface area contributed by atoms with E-state index in [-0.39, 0.29) is 18.3 Å². The van der Waals surface area contributed by atoms with Gasteiger partial charge < -0.3 is 11.1 Å². The van der Waals surface area contributed by atoms with E-state index in [2.05, 4.69) is 10.3 Å². The second kappa shape index (κ2) is 6.83. The second-order valence-electron chi connectivity index (χ2n) is 4.54. The molecule has 1 atom stereocenters. The number of nitrogens with two attached hydrogens (primary N) is 1. The maximum Gasteiger partial charge on any atom is 0.247 e. The summed E-state index contributed by atoms with van der Waals surface area (Å²) >= 11 is 1.46. The van der Waals surface area contributed by atoms with E-state index in [0.717, 1.165) is 21.7 Å². The van der Waals surface area contributed by atoms with E-state index < -0.39 is 6.04 Å². The molecule has 0 aliphatic rings. The normalized spacial score (nSPS) is 11.6. The molecule has 1 aromatic heterocycles. The van der Waals surface area contributed by atoms with Crippen molar-refractivity contribution in [3.05, 3.63) is 46.0 Å². The van der Waals surface area contributed by atoms with Gasteiger partial charge in [-0.15, -0.1) is 23.7 Å². The van der Waals surface area contributed by atoms with Crippen molar-refractivity contribution < 1.29 is 4.79 Å². The zero-order valence-corrected chi connectivity index (χ0v) is 13.3. The van der Waals surface area contributed by atoms with Gasteiger partial charge in [0.15, 0.2) is 5.13 Å². The molecule has 1 amide bonds. The highest BCUT2D eigenvalue weighted by molar-refractivity contribution is 7.15. The maximum atomic E-state index is 12.0. The van der Waals surface area contributed by atoms with Crippen molar-refractivity contribution >= 4 is 34.8 Å². The molecule has 0 aliphatic carbocycles. The lowest BCUT2D eigenvalue weighted by atomic mass is 10.1. The Kier molecular flexibility index (Phi) is 5.68. The number of carbonyl (C=O) groups is 1. The number of halogens is 1. The molecule has 6 heteroatoms. The number of nitrogens with one attached hydrogen (secondary N) is 1. The monoisotopic (exact) mass is 311 g/mol. The quantitative estimate of drug-likeness (QED) is 0.915. The fourth-order valence-corrected chi connectivity index (χ4v) is 2.45. The number of aromatic nitrogens is 1. The highest BCUT2D eigenvalue weighted by atomic mass is 35.5. The zero-order chi connectivity index (χ0) is 14.0. The number of carbonyl (C=O) groups excluding carboxylic acids is 1. The van der Waals surface area contributed by atoms with E-state index in [0.29, 0.717) is 5.13 Å². The highest BCUT2D eigenvalue weighted by Crippen LogP contribution is 2.22. The van der Waals surface area contributed by atoms with E-state index >= 15 is 0 Å². The Morgan fingerprint density at radius 2 is 1.85 bits per heavy atom. The van der Waals surface area contributed by atoms with Gasteiger partial charge in [-0.25, -0.2) is 4.98 Å². The standard InChI is InChI=1S/C14H17N3OS.ClH/c1-8-4-6-11(7-5-8)12(15)13(18)17-14-16-9(2)10(3)19-14;/h4-7,12H,15H2,1-3H3,(H,16,17,18);1H. The van der Waals surface area contributed by atoms with Gasteiger partial charge in [0.2, 0.25) is 5.91 Å². The number of aryl methyl sites for hydroxylation is 3. The first-order valence-corrected chi connectivity index (χ1v) is 6.86. The number of benzene rings is 1. The van der Waals surface area contributed by atoms with Crippen LogP contribution in [0.15, 0.2) is 24.3 Å². The molecule has 20 heavy (non-hydrogen) atoms. The molecule has 0 aliphatic heterocycles. The minimum absolute atomic E-state index is 0. The van der Waals surface area contributed by atoms with Gasteiger partial charge in [-0.3, -0.25) is 4.79 Å². The summed E-state index contributed by atoms with van der Waals surface area (Å²) in [6, 6.07) is 6.96. The Morgan fingerprint density at radius 3 is 2.35 bits per heavy atom. The Hall–Kier alpha value is -1.43. The summed E-state index contributed by atoms with van der Waals surface area (Å²) in [5.41, 5.74) is 8.82. The molecule has 0 spiro atoms. The van der Waals surface area contributed by atoms with Gasteiger partial charge in [0, 0.05) is 4.88 Å². The van der Waals surface area contributed by atoms with Crippen LogP contribution < -0.4 is 11.1 Å². The van der Waals surface area contributed by atoms with Crippen LogP contribution in [0.5, 0.6) is 0 Å². The molecular formula is C14H18ClN3OS. The van der Waals surface area contributed by atoms with Gasteiger partial charge in [0.1, 0.15) is 6.04 Å². The van der Waals surface area contributed by atoms with Crippen molar-refractivity contribution in [1.82, 2.24) is 4.98 Å². The largest absolute Gasteiger partial charge is 0.316 e. The van der Waals surface area contributed by atoms with Gasteiger partial charge >= 0.3 is 0 Å². The summed E-state index contributed by atoms with van der Waals surface area (Å²) in [5.74, 6) is -0.238. The Balaban J connectivity index is 0.00000200. The van der Waals surface area contributed by atoms with Crippen LogP contribution in [0.1, 0.15) is 27.7 Å². The molecule has 0 fully saturated rings. The molecule has 108 valence electrons. The Morgan fingerprint density at radius 1 is 1.25 bits per heavy atom. The van der Waals surface area contributed by atoms with Crippen LogP contribution in [0, 0.1) is 20.8 Å². The van der Waals surface area contributed by atoms with Crippen LogP contribution in [0.4, 0.5) is 5.13 Å². The lowest BCUT2D eigenvalue weighted by Crippen LogP contribution is -2.27. The molecule has 1 unspecified atom stereocenters. The predicted octanol–water partition coefficient (Wildman–Crippen LogP) is 3.13. The summed E-state index contributed by atoms with van der Waals surface area (Å²) in [6.45, 7) is 5.89. The molecule has 0 bridgehead atoms. The predicted molar refractivity (Wildman–Crippen MR) is 85.6 cm³/mol. The minimum atomic E-state index is -0.676. The Bertz CT molecular complexity index is 575. The SMILES string of the molecule is Cc1ccc(C(N)C(=O)Nc2nc(C)c(C)s2)cc1.Cl. The number of anilines is 1. The molecular weight excluding hydrogens is 294 g/mol. The van der Waals surface area contributed by atoms with Gasteiger partial charge in [0.25, 0.3) is 0 Å². The molecule has 2 aromatic rings. The highest BCUT2D eigenvalue weighted by Gasteiger charge is 2.17. The zero-order valence-electron chi connectivity index (χ0n) is 11.6. The van der Waals surface area contributed by atoms with Crippen molar-refractivity contribution in [2.75, 3.05) is 5.32 Å². The van der Waals surface area contributed by atoms with Crippen LogP contribution in [0.25, 0.3) is 0 Å². The molecule has 2 rings (SSSR count). The summed E-state index contributed by atoms with van der Waals surface area (Å²) < 4.78 is 0. The van der Waals surface area contributed by atoms with Crippen molar-refractivity contribution in [1.29, 1.82) is 0 Å². The van der Waals surface area contributed by atoms with E-state index in [1.807, 2.05) is 45.0 Å². The first-order chi connectivity index (χ1) is 8.97.